The molecule has 0 aromatic heterocycles. The Morgan fingerprint density at radius 2 is 2.25 bits per heavy atom. The zero-order valence-electron chi connectivity index (χ0n) is 10.3. The molecular formula is C13H22O3. The highest BCUT2D eigenvalue weighted by molar-refractivity contribution is 5.73. The minimum Gasteiger partial charge on any atom is -0.435 e. The molecule has 16 heavy (non-hydrogen) atoms. The summed E-state index contributed by atoms with van der Waals surface area (Å²) in [6.07, 6.45) is 4.36. The second-order valence-corrected chi connectivity index (χ2v) is 4.55. The third kappa shape index (κ3) is 3.63. The first-order valence-corrected chi connectivity index (χ1v) is 6.08. The fraction of sp³-hybridized carbons (Fsp3) is 0.769. The highest BCUT2D eigenvalue weighted by Gasteiger charge is 2.34. The summed E-state index contributed by atoms with van der Waals surface area (Å²) in [5.74, 6) is 0.739. The van der Waals surface area contributed by atoms with Crippen LogP contribution in [0.25, 0.3) is 0 Å². The van der Waals surface area contributed by atoms with Gasteiger partial charge in [-0.1, -0.05) is 19.9 Å². The highest BCUT2D eigenvalue weighted by atomic mass is 16.5. The van der Waals surface area contributed by atoms with Gasteiger partial charge >= 0.3 is 5.97 Å². The number of esters is 1. The van der Waals surface area contributed by atoms with E-state index in [-0.39, 0.29) is 11.9 Å². The molecule has 0 amide bonds. The Morgan fingerprint density at radius 1 is 1.50 bits per heavy atom. The molecular weight excluding hydrogens is 204 g/mol. The number of rotatable bonds is 5. The molecule has 0 aliphatic heterocycles. The van der Waals surface area contributed by atoms with E-state index in [0.29, 0.717) is 25.0 Å². The monoisotopic (exact) mass is 226 g/mol. The Bertz CT molecular complexity index is 235. The predicted octanol–water partition coefficient (Wildman–Crippen LogP) is 2.76. The molecule has 1 rings (SSSR count). The third-order valence-corrected chi connectivity index (χ3v) is 3.29. The van der Waals surface area contributed by atoms with E-state index in [0.717, 1.165) is 12.8 Å². The lowest BCUT2D eigenvalue weighted by atomic mass is 9.75. The first-order chi connectivity index (χ1) is 7.69. The Morgan fingerprint density at radius 3 is 2.88 bits per heavy atom. The van der Waals surface area contributed by atoms with E-state index in [1.54, 1.807) is 0 Å². The Kier molecular flexibility index (Phi) is 5.53. The van der Waals surface area contributed by atoms with Crippen LogP contribution in [-0.2, 0) is 14.3 Å². The lowest BCUT2D eigenvalue weighted by Gasteiger charge is -2.32. The van der Waals surface area contributed by atoms with Crippen molar-refractivity contribution in [3.05, 3.63) is 12.8 Å². The van der Waals surface area contributed by atoms with E-state index in [1.807, 2.05) is 6.92 Å². The average Bonchev–Trinajstić information content (AvgIpc) is 2.27. The van der Waals surface area contributed by atoms with Crippen molar-refractivity contribution in [3.8, 4) is 0 Å². The molecule has 3 unspecified atom stereocenters. The SMILES string of the molecule is C=COC(=O)C1CC(C)CCC1COCC. The van der Waals surface area contributed by atoms with Crippen LogP contribution in [0, 0.1) is 17.8 Å². The van der Waals surface area contributed by atoms with Crippen molar-refractivity contribution in [2.45, 2.75) is 33.1 Å². The molecule has 0 bridgehead atoms. The summed E-state index contributed by atoms with van der Waals surface area (Å²) >= 11 is 0. The van der Waals surface area contributed by atoms with Crippen LogP contribution < -0.4 is 0 Å². The standard InChI is InChI=1S/C13H22O3/c1-4-15-9-11-7-6-10(3)8-12(11)13(14)16-5-2/h5,10-12H,2,4,6-9H2,1,3H3. The molecule has 0 aromatic carbocycles. The summed E-state index contributed by atoms with van der Waals surface area (Å²) in [4.78, 5) is 11.8. The zero-order valence-corrected chi connectivity index (χ0v) is 10.3. The Hall–Kier alpha value is -0.830. The molecule has 92 valence electrons. The molecule has 3 heteroatoms. The summed E-state index contributed by atoms with van der Waals surface area (Å²) in [6, 6.07) is 0. The van der Waals surface area contributed by atoms with Gasteiger partial charge in [0.05, 0.1) is 18.8 Å². The summed E-state index contributed by atoms with van der Waals surface area (Å²) in [6.45, 7) is 8.96. The normalized spacial score (nSPS) is 29.8. The molecule has 3 atom stereocenters. The van der Waals surface area contributed by atoms with Gasteiger partial charge in [0.25, 0.3) is 0 Å². The Labute approximate surface area is 97.8 Å². The highest BCUT2D eigenvalue weighted by Crippen LogP contribution is 2.34. The van der Waals surface area contributed by atoms with Gasteiger partial charge in [-0.3, -0.25) is 4.79 Å². The van der Waals surface area contributed by atoms with E-state index in [2.05, 4.69) is 13.5 Å². The largest absolute Gasteiger partial charge is 0.435 e. The molecule has 3 nitrogen and oxygen atoms in total. The average molecular weight is 226 g/mol. The van der Waals surface area contributed by atoms with E-state index in [1.165, 1.54) is 12.7 Å². The minimum absolute atomic E-state index is 0.0201. The van der Waals surface area contributed by atoms with Crippen LogP contribution in [-0.4, -0.2) is 19.2 Å². The molecule has 0 heterocycles. The van der Waals surface area contributed by atoms with Gasteiger partial charge in [0, 0.05) is 6.61 Å². The van der Waals surface area contributed by atoms with Crippen molar-refractivity contribution in [2.75, 3.05) is 13.2 Å². The lowest BCUT2D eigenvalue weighted by molar-refractivity contribution is -0.147. The first-order valence-electron chi connectivity index (χ1n) is 6.08. The van der Waals surface area contributed by atoms with Crippen LogP contribution in [0.5, 0.6) is 0 Å². The summed E-state index contributed by atoms with van der Waals surface area (Å²) < 4.78 is 10.3. The first kappa shape index (κ1) is 13.2. The summed E-state index contributed by atoms with van der Waals surface area (Å²) in [5.41, 5.74) is 0. The van der Waals surface area contributed by atoms with Gasteiger partial charge in [0.1, 0.15) is 0 Å². The predicted molar refractivity (Wildman–Crippen MR) is 62.8 cm³/mol. The fourth-order valence-corrected chi connectivity index (χ4v) is 2.37. The van der Waals surface area contributed by atoms with Crippen molar-refractivity contribution in [1.29, 1.82) is 0 Å². The van der Waals surface area contributed by atoms with E-state index in [4.69, 9.17) is 9.47 Å². The molecule has 0 aromatic rings. The van der Waals surface area contributed by atoms with Crippen molar-refractivity contribution >= 4 is 5.97 Å². The van der Waals surface area contributed by atoms with E-state index >= 15 is 0 Å². The number of hydrogen-bond donors (Lipinski definition) is 0. The lowest BCUT2D eigenvalue weighted by Crippen LogP contribution is -2.33. The van der Waals surface area contributed by atoms with E-state index in [9.17, 15) is 4.79 Å². The molecule has 0 saturated heterocycles. The molecule has 0 radical (unpaired) electrons. The molecule has 1 aliphatic rings. The quantitative estimate of drug-likeness (QED) is 0.534. The Balaban J connectivity index is 2.57. The van der Waals surface area contributed by atoms with Crippen molar-refractivity contribution in [1.82, 2.24) is 0 Å². The third-order valence-electron chi connectivity index (χ3n) is 3.29. The molecule has 0 spiro atoms. The number of carbonyl (C=O) groups excluding carboxylic acids is 1. The summed E-state index contributed by atoms with van der Waals surface area (Å²) in [7, 11) is 0. The summed E-state index contributed by atoms with van der Waals surface area (Å²) in [5, 5.41) is 0. The molecule has 0 N–H and O–H groups in total. The second kappa shape index (κ2) is 6.69. The molecule has 1 fully saturated rings. The topological polar surface area (TPSA) is 35.5 Å². The van der Waals surface area contributed by atoms with Crippen molar-refractivity contribution < 1.29 is 14.3 Å². The van der Waals surface area contributed by atoms with Crippen LogP contribution in [0.3, 0.4) is 0 Å². The molecule has 1 saturated carbocycles. The smallest absolute Gasteiger partial charge is 0.314 e. The van der Waals surface area contributed by atoms with Gasteiger partial charge in [-0.15, -0.1) is 0 Å². The molecule has 1 aliphatic carbocycles. The van der Waals surface area contributed by atoms with Crippen LogP contribution in [0.15, 0.2) is 12.8 Å². The van der Waals surface area contributed by atoms with Crippen molar-refractivity contribution in [2.24, 2.45) is 17.8 Å². The zero-order chi connectivity index (χ0) is 12.0. The maximum absolute atomic E-state index is 11.8. The van der Waals surface area contributed by atoms with E-state index < -0.39 is 0 Å². The van der Waals surface area contributed by atoms with Gasteiger partial charge < -0.3 is 9.47 Å². The van der Waals surface area contributed by atoms with Gasteiger partial charge in [0.2, 0.25) is 0 Å². The number of hydrogen-bond acceptors (Lipinski definition) is 3. The van der Waals surface area contributed by atoms with Crippen LogP contribution >= 0.6 is 0 Å². The van der Waals surface area contributed by atoms with Crippen molar-refractivity contribution in [3.63, 3.8) is 0 Å². The van der Waals surface area contributed by atoms with Gasteiger partial charge in [-0.2, -0.15) is 0 Å². The second-order valence-electron chi connectivity index (χ2n) is 4.55. The minimum atomic E-state index is -0.147. The fourth-order valence-electron chi connectivity index (χ4n) is 2.37. The van der Waals surface area contributed by atoms with Gasteiger partial charge in [-0.25, -0.2) is 0 Å². The maximum atomic E-state index is 11.8. The van der Waals surface area contributed by atoms with Crippen LogP contribution in [0.1, 0.15) is 33.1 Å². The van der Waals surface area contributed by atoms with Gasteiger partial charge in [0.15, 0.2) is 0 Å². The van der Waals surface area contributed by atoms with Crippen LogP contribution in [0.4, 0.5) is 0 Å². The number of carbonyl (C=O) groups is 1. The van der Waals surface area contributed by atoms with Crippen LogP contribution in [0.2, 0.25) is 0 Å². The number of ether oxygens (including phenoxy) is 2. The maximum Gasteiger partial charge on any atom is 0.314 e. The van der Waals surface area contributed by atoms with Gasteiger partial charge in [-0.05, 0) is 31.6 Å².